The molecule has 4 heteroatoms. The van der Waals surface area contributed by atoms with Gasteiger partial charge in [0.05, 0.1) is 5.69 Å². The van der Waals surface area contributed by atoms with Gasteiger partial charge in [-0.1, -0.05) is 0 Å². The van der Waals surface area contributed by atoms with Gasteiger partial charge < -0.3 is 5.11 Å². The van der Waals surface area contributed by atoms with Crippen LogP contribution in [0.1, 0.15) is 25.1 Å². The van der Waals surface area contributed by atoms with E-state index in [9.17, 15) is 9.18 Å². The Kier molecular flexibility index (Phi) is 2.84. The van der Waals surface area contributed by atoms with E-state index in [0.717, 1.165) is 0 Å². The molecule has 1 aromatic rings. The lowest BCUT2D eigenvalue weighted by Crippen LogP contribution is -2.29. The molecule has 0 aliphatic carbocycles. The van der Waals surface area contributed by atoms with Crippen LogP contribution in [-0.2, 0) is 16.9 Å². The van der Waals surface area contributed by atoms with Gasteiger partial charge in [0.25, 0.3) is 0 Å². The summed E-state index contributed by atoms with van der Waals surface area (Å²) in [7, 11) is 0. The molecule has 1 N–H and O–H groups in total. The first-order chi connectivity index (χ1) is 6.48. The topological polar surface area (TPSA) is 50.2 Å². The Balaban J connectivity index is 3.12. The molecule has 0 saturated carbocycles. The van der Waals surface area contributed by atoms with E-state index >= 15 is 0 Å². The van der Waals surface area contributed by atoms with Gasteiger partial charge in [0, 0.05) is 6.20 Å². The molecule has 76 valence electrons. The second-order valence-electron chi connectivity index (χ2n) is 3.61. The first-order valence-electron chi connectivity index (χ1n) is 4.23. The van der Waals surface area contributed by atoms with Crippen molar-refractivity contribution in [2.75, 3.05) is 0 Å². The molecule has 0 atom stereocenters. The predicted molar refractivity (Wildman–Crippen MR) is 49.7 cm³/mol. The van der Waals surface area contributed by atoms with E-state index in [-0.39, 0.29) is 0 Å². The fraction of sp³-hybridized carbons (Fsp3) is 0.400. The Morgan fingerprint density at radius 3 is 2.79 bits per heavy atom. The van der Waals surface area contributed by atoms with Crippen LogP contribution in [0.15, 0.2) is 18.3 Å². The summed E-state index contributed by atoms with van der Waals surface area (Å²) in [5.74, 6) is -0.971. The summed E-state index contributed by atoms with van der Waals surface area (Å²) in [6, 6.07) is 3.01. The van der Waals surface area contributed by atoms with Crippen LogP contribution in [0.4, 0.5) is 4.39 Å². The number of pyridine rings is 1. The van der Waals surface area contributed by atoms with E-state index in [0.29, 0.717) is 11.3 Å². The van der Waals surface area contributed by atoms with Crippen molar-refractivity contribution in [3.8, 4) is 0 Å². The molecule has 1 heterocycles. The van der Waals surface area contributed by atoms with Gasteiger partial charge >= 0.3 is 5.97 Å². The Bertz CT molecular complexity index is 350. The Morgan fingerprint density at radius 1 is 1.64 bits per heavy atom. The van der Waals surface area contributed by atoms with Crippen molar-refractivity contribution in [1.29, 1.82) is 0 Å². The number of carbonyl (C=O) groups is 1. The van der Waals surface area contributed by atoms with Gasteiger partial charge in [0.2, 0.25) is 0 Å². The minimum atomic E-state index is -1.08. The lowest BCUT2D eigenvalue weighted by atomic mass is 9.88. The minimum Gasteiger partial charge on any atom is -0.481 e. The predicted octanol–water partition coefficient (Wildman–Crippen LogP) is 1.91. The van der Waals surface area contributed by atoms with E-state index in [1.54, 1.807) is 13.8 Å². The van der Waals surface area contributed by atoms with Gasteiger partial charge in [0.15, 0.2) is 0 Å². The highest BCUT2D eigenvalue weighted by Crippen LogP contribution is 2.22. The number of alkyl halides is 1. The van der Waals surface area contributed by atoms with E-state index in [1.165, 1.54) is 18.3 Å². The molecule has 0 unspecified atom stereocenters. The number of aliphatic carboxylic acids is 1. The van der Waals surface area contributed by atoms with E-state index < -0.39 is 18.1 Å². The third-order valence-corrected chi connectivity index (χ3v) is 2.15. The number of aromatic nitrogens is 1. The standard InChI is InChI=1S/C10H12FNO2/c1-10(2,9(13)14)8-5-7(6-11)3-4-12-8/h3-5H,6H2,1-2H3,(H,13,14). The van der Waals surface area contributed by atoms with E-state index in [1.807, 2.05) is 0 Å². The molecular weight excluding hydrogens is 185 g/mol. The fourth-order valence-corrected chi connectivity index (χ4v) is 1.01. The number of carboxylic acid groups (broad SMARTS) is 1. The summed E-state index contributed by atoms with van der Waals surface area (Å²) in [6.45, 7) is 2.48. The Labute approximate surface area is 81.6 Å². The lowest BCUT2D eigenvalue weighted by molar-refractivity contribution is -0.142. The van der Waals surface area contributed by atoms with E-state index in [2.05, 4.69) is 4.98 Å². The van der Waals surface area contributed by atoms with Crippen molar-refractivity contribution in [1.82, 2.24) is 4.98 Å². The Morgan fingerprint density at radius 2 is 2.29 bits per heavy atom. The van der Waals surface area contributed by atoms with Crippen molar-refractivity contribution in [2.24, 2.45) is 0 Å². The van der Waals surface area contributed by atoms with Gasteiger partial charge in [-0.2, -0.15) is 0 Å². The third-order valence-electron chi connectivity index (χ3n) is 2.15. The molecule has 0 fully saturated rings. The normalized spacial score (nSPS) is 11.4. The maximum Gasteiger partial charge on any atom is 0.315 e. The average molecular weight is 197 g/mol. The highest BCUT2D eigenvalue weighted by molar-refractivity contribution is 5.79. The van der Waals surface area contributed by atoms with Crippen LogP contribution in [0, 0.1) is 0 Å². The molecule has 0 saturated heterocycles. The number of carboxylic acids is 1. The molecule has 0 aliphatic rings. The van der Waals surface area contributed by atoms with Crippen LogP contribution in [0.25, 0.3) is 0 Å². The van der Waals surface area contributed by atoms with Gasteiger partial charge in [-0.15, -0.1) is 0 Å². The van der Waals surface area contributed by atoms with Crippen molar-refractivity contribution in [3.63, 3.8) is 0 Å². The molecular formula is C10H12FNO2. The molecule has 0 bridgehead atoms. The summed E-state index contributed by atoms with van der Waals surface area (Å²) in [5, 5.41) is 8.92. The van der Waals surface area contributed by atoms with Gasteiger partial charge in [-0.3, -0.25) is 9.78 Å². The lowest BCUT2D eigenvalue weighted by Gasteiger charge is -2.18. The number of halogens is 1. The summed E-state index contributed by atoms with van der Waals surface area (Å²) < 4.78 is 12.3. The molecule has 1 rings (SSSR count). The zero-order chi connectivity index (χ0) is 10.8. The number of nitrogens with zero attached hydrogens (tertiary/aromatic N) is 1. The molecule has 0 aliphatic heterocycles. The highest BCUT2D eigenvalue weighted by atomic mass is 19.1. The maximum atomic E-state index is 12.3. The second kappa shape index (κ2) is 3.74. The van der Waals surface area contributed by atoms with Gasteiger partial charge in [0.1, 0.15) is 12.1 Å². The SMILES string of the molecule is CC(C)(C(=O)O)c1cc(CF)ccn1. The molecule has 0 aromatic carbocycles. The highest BCUT2D eigenvalue weighted by Gasteiger charge is 2.30. The van der Waals surface area contributed by atoms with Crippen molar-refractivity contribution >= 4 is 5.97 Å². The van der Waals surface area contributed by atoms with Crippen LogP contribution in [0.2, 0.25) is 0 Å². The van der Waals surface area contributed by atoms with Crippen LogP contribution in [-0.4, -0.2) is 16.1 Å². The van der Waals surface area contributed by atoms with Gasteiger partial charge in [-0.25, -0.2) is 4.39 Å². The fourth-order valence-electron chi connectivity index (χ4n) is 1.01. The molecule has 0 amide bonds. The van der Waals surface area contributed by atoms with Crippen LogP contribution >= 0.6 is 0 Å². The smallest absolute Gasteiger partial charge is 0.315 e. The van der Waals surface area contributed by atoms with Gasteiger partial charge in [-0.05, 0) is 31.5 Å². The average Bonchev–Trinajstić information content (AvgIpc) is 2.17. The van der Waals surface area contributed by atoms with Crippen molar-refractivity contribution < 1.29 is 14.3 Å². The summed E-state index contributed by atoms with van der Waals surface area (Å²) >= 11 is 0. The summed E-state index contributed by atoms with van der Waals surface area (Å²) in [4.78, 5) is 14.8. The molecule has 3 nitrogen and oxygen atoms in total. The van der Waals surface area contributed by atoms with Crippen molar-refractivity contribution in [3.05, 3.63) is 29.6 Å². The molecule has 14 heavy (non-hydrogen) atoms. The molecule has 0 spiro atoms. The van der Waals surface area contributed by atoms with Crippen LogP contribution in [0.5, 0.6) is 0 Å². The van der Waals surface area contributed by atoms with Crippen LogP contribution < -0.4 is 0 Å². The third kappa shape index (κ3) is 1.89. The molecule has 0 radical (unpaired) electrons. The zero-order valence-corrected chi connectivity index (χ0v) is 8.12. The maximum absolute atomic E-state index is 12.3. The number of hydrogen-bond donors (Lipinski definition) is 1. The van der Waals surface area contributed by atoms with E-state index in [4.69, 9.17) is 5.11 Å². The number of rotatable bonds is 3. The zero-order valence-electron chi connectivity index (χ0n) is 8.12. The Hall–Kier alpha value is -1.45. The first kappa shape index (κ1) is 10.6. The monoisotopic (exact) mass is 197 g/mol. The number of hydrogen-bond acceptors (Lipinski definition) is 2. The van der Waals surface area contributed by atoms with Crippen LogP contribution in [0.3, 0.4) is 0 Å². The van der Waals surface area contributed by atoms with Crippen molar-refractivity contribution in [2.45, 2.75) is 25.9 Å². The summed E-state index contributed by atoms with van der Waals surface area (Å²) in [5.41, 5.74) is -0.255. The minimum absolute atomic E-state index is 0.375. The first-order valence-corrected chi connectivity index (χ1v) is 4.23. The second-order valence-corrected chi connectivity index (χ2v) is 3.61. The summed E-state index contributed by atoms with van der Waals surface area (Å²) in [6.07, 6.45) is 1.43. The quantitative estimate of drug-likeness (QED) is 0.805. The largest absolute Gasteiger partial charge is 0.481 e. The molecule has 1 aromatic heterocycles.